The van der Waals surface area contributed by atoms with E-state index in [1.54, 1.807) is 17.0 Å². The van der Waals surface area contributed by atoms with Crippen LogP contribution in [0.25, 0.3) is 0 Å². The maximum Gasteiger partial charge on any atom is 0.417 e. The summed E-state index contributed by atoms with van der Waals surface area (Å²) in [4.78, 5) is 38.3. The van der Waals surface area contributed by atoms with Crippen molar-refractivity contribution < 1.29 is 19.1 Å². The normalized spacial score (nSPS) is 18.7. The summed E-state index contributed by atoms with van der Waals surface area (Å²) in [5.41, 5.74) is 0.966. The van der Waals surface area contributed by atoms with Crippen molar-refractivity contribution in [3.05, 3.63) is 34.9 Å². The van der Waals surface area contributed by atoms with E-state index in [1.807, 2.05) is 12.1 Å². The van der Waals surface area contributed by atoms with E-state index in [-0.39, 0.29) is 24.6 Å². The van der Waals surface area contributed by atoms with E-state index in [0.717, 1.165) is 5.56 Å². The Hall–Kier alpha value is -2.28. The van der Waals surface area contributed by atoms with Crippen LogP contribution < -0.4 is 5.32 Å². The third kappa shape index (κ3) is 3.62. The number of urea groups is 1. The molecule has 2 heterocycles. The molecule has 0 radical (unpaired) electrons. The summed E-state index contributed by atoms with van der Waals surface area (Å²) in [5, 5.41) is 3.52. The van der Waals surface area contributed by atoms with E-state index < -0.39 is 6.09 Å². The van der Waals surface area contributed by atoms with Gasteiger partial charge >= 0.3 is 12.1 Å². The quantitative estimate of drug-likeness (QED) is 0.903. The highest BCUT2D eigenvalue weighted by atomic mass is 35.5. The van der Waals surface area contributed by atoms with Gasteiger partial charge in [0.05, 0.1) is 0 Å². The highest BCUT2D eigenvalue weighted by Gasteiger charge is 2.38. The molecular weight excluding hydrogens is 334 g/mol. The number of likely N-dealkylation sites (tertiary alicyclic amines) is 1. The fourth-order valence-corrected chi connectivity index (χ4v) is 3.06. The Morgan fingerprint density at radius 3 is 2.46 bits per heavy atom. The van der Waals surface area contributed by atoms with E-state index in [0.29, 0.717) is 37.5 Å². The molecule has 2 aliphatic heterocycles. The van der Waals surface area contributed by atoms with Crippen LogP contribution >= 0.6 is 11.6 Å². The predicted molar refractivity (Wildman–Crippen MR) is 86.5 cm³/mol. The van der Waals surface area contributed by atoms with Crippen molar-refractivity contribution in [3.8, 4) is 0 Å². The molecule has 1 aromatic rings. The lowest BCUT2D eigenvalue weighted by atomic mass is 10.0. The summed E-state index contributed by atoms with van der Waals surface area (Å²) < 4.78 is 4.74. The van der Waals surface area contributed by atoms with Gasteiger partial charge in [-0.05, 0) is 30.5 Å². The molecule has 24 heavy (non-hydrogen) atoms. The van der Waals surface area contributed by atoms with Gasteiger partial charge in [-0.3, -0.25) is 4.79 Å². The molecular formula is C16H18ClN3O4. The van der Waals surface area contributed by atoms with Crippen LogP contribution in [-0.2, 0) is 16.1 Å². The van der Waals surface area contributed by atoms with Gasteiger partial charge in [0.1, 0.15) is 0 Å². The number of cyclic esters (lactones) is 1. The standard InChI is InChI=1S/C16H18ClN3O4/c17-12-3-1-11(2-4-12)9-18-15(22)19-7-5-13(6-8-19)20-14(21)10-24-16(20)23/h1-4,13H,5-10H2,(H,18,22). The van der Waals surface area contributed by atoms with Crippen LogP contribution in [0.15, 0.2) is 24.3 Å². The minimum atomic E-state index is -0.578. The Morgan fingerprint density at radius 1 is 1.21 bits per heavy atom. The molecule has 0 aromatic heterocycles. The lowest BCUT2D eigenvalue weighted by Gasteiger charge is -2.34. The first kappa shape index (κ1) is 16.6. The van der Waals surface area contributed by atoms with Crippen molar-refractivity contribution in [1.82, 2.24) is 15.1 Å². The first-order chi connectivity index (χ1) is 11.5. The highest BCUT2D eigenvalue weighted by Crippen LogP contribution is 2.20. The number of piperidine rings is 1. The number of imide groups is 1. The number of benzene rings is 1. The van der Waals surface area contributed by atoms with Gasteiger partial charge in [-0.2, -0.15) is 0 Å². The van der Waals surface area contributed by atoms with E-state index in [1.165, 1.54) is 4.90 Å². The Labute approximate surface area is 144 Å². The maximum absolute atomic E-state index is 12.2. The van der Waals surface area contributed by atoms with E-state index in [4.69, 9.17) is 16.3 Å². The van der Waals surface area contributed by atoms with Crippen LogP contribution in [0.1, 0.15) is 18.4 Å². The molecule has 1 aromatic carbocycles. The van der Waals surface area contributed by atoms with Gasteiger partial charge in [0.15, 0.2) is 6.61 Å². The Morgan fingerprint density at radius 2 is 1.88 bits per heavy atom. The number of nitrogens with zero attached hydrogens (tertiary/aromatic N) is 2. The Kier molecular flexibility index (Phi) is 4.89. The number of carbonyl (C=O) groups excluding carboxylic acids is 3. The Balaban J connectivity index is 1.47. The average Bonchev–Trinajstić information content (AvgIpc) is 2.93. The van der Waals surface area contributed by atoms with Crippen LogP contribution in [0.4, 0.5) is 9.59 Å². The van der Waals surface area contributed by atoms with Crippen molar-refractivity contribution in [1.29, 1.82) is 0 Å². The van der Waals surface area contributed by atoms with Gasteiger partial charge in [-0.15, -0.1) is 0 Å². The zero-order chi connectivity index (χ0) is 17.1. The van der Waals surface area contributed by atoms with Gasteiger partial charge in [-0.1, -0.05) is 23.7 Å². The molecule has 2 aliphatic rings. The Bertz CT molecular complexity index is 625. The number of hydrogen-bond acceptors (Lipinski definition) is 4. The number of halogens is 1. The predicted octanol–water partition coefficient (Wildman–Crippen LogP) is 1.99. The van der Waals surface area contributed by atoms with Gasteiger partial charge in [0.25, 0.3) is 5.91 Å². The number of nitrogens with one attached hydrogen (secondary N) is 1. The summed E-state index contributed by atoms with van der Waals surface area (Å²) in [5.74, 6) is -0.300. The topological polar surface area (TPSA) is 79.0 Å². The van der Waals surface area contributed by atoms with Crippen molar-refractivity contribution in [2.45, 2.75) is 25.4 Å². The van der Waals surface area contributed by atoms with Crippen LogP contribution in [-0.4, -0.2) is 53.6 Å². The zero-order valence-electron chi connectivity index (χ0n) is 13.0. The summed E-state index contributed by atoms with van der Waals surface area (Å²) in [6.45, 7) is 1.23. The average molecular weight is 352 g/mol. The van der Waals surface area contributed by atoms with Gasteiger partial charge in [-0.25, -0.2) is 14.5 Å². The van der Waals surface area contributed by atoms with Gasteiger partial charge in [0, 0.05) is 30.7 Å². The van der Waals surface area contributed by atoms with Crippen LogP contribution in [0.5, 0.6) is 0 Å². The van der Waals surface area contributed by atoms with E-state index >= 15 is 0 Å². The molecule has 0 aliphatic carbocycles. The van der Waals surface area contributed by atoms with E-state index in [2.05, 4.69) is 5.32 Å². The summed E-state index contributed by atoms with van der Waals surface area (Å²) >= 11 is 5.83. The molecule has 2 fully saturated rings. The second kappa shape index (κ2) is 7.09. The van der Waals surface area contributed by atoms with Crippen LogP contribution in [0.2, 0.25) is 5.02 Å². The van der Waals surface area contributed by atoms with Gasteiger partial charge in [0.2, 0.25) is 0 Å². The van der Waals surface area contributed by atoms with Gasteiger partial charge < -0.3 is 15.0 Å². The third-order valence-electron chi connectivity index (χ3n) is 4.26. The summed E-state index contributed by atoms with van der Waals surface area (Å²) in [6.07, 6.45) is 0.551. The molecule has 7 nitrogen and oxygen atoms in total. The molecule has 128 valence electrons. The van der Waals surface area contributed by atoms with Crippen molar-refractivity contribution in [2.75, 3.05) is 19.7 Å². The molecule has 1 N–H and O–H groups in total. The smallest absolute Gasteiger partial charge is 0.417 e. The number of ether oxygens (including phenoxy) is 1. The molecule has 8 heteroatoms. The number of amides is 4. The molecule has 4 amide bonds. The molecule has 2 saturated heterocycles. The zero-order valence-corrected chi connectivity index (χ0v) is 13.8. The largest absolute Gasteiger partial charge is 0.439 e. The lowest BCUT2D eigenvalue weighted by Crippen LogP contribution is -2.50. The summed E-state index contributed by atoms with van der Waals surface area (Å²) in [6, 6.07) is 6.94. The van der Waals surface area contributed by atoms with Crippen LogP contribution in [0, 0.1) is 0 Å². The minimum absolute atomic E-state index is 0.154. The number of carbonyl (C=O) groups is 3. The summed E-state index contributed by atoms with van der Waals surface area (Å²) in [7, 11) is 0. The van der Waals surface area contributed by atoms with Crippen LogP contribution in [0.3, 0.4) is 0 Å². The van der Waals surface area contributed by atoms with Crippen molar-refractivity contribution >= 4 is 29.6 Å². The van der Waals surface area contributed by atoms with Crippen molar-refractivity contribution in [3.63, 3.8) is 0 Å². The first-order valence-corrected chi connectivity index (χ1v) is 8.18. The van der Waals surface area contributed by atoms with Crippen molar-refractivity contribution in [2.24, 2.45) is 0 Å². The molecule has 0 saturated carbocycles. The molecule has 0 spiro atoms. The molecule has 0 bridgehead atoms. The fourth-order valence-electron chi connectivity index (χ4n) is 2.94. The molecule has 0 atom stereocenters. The SMILES string of the molecule is O=C(NCc1ccc(Cl)cc1)N1CCC(N2C(=O)COC2=O)CC1. The molecule has 3 rings (SSSR count). The monoisotopic (exact) mass is 351 g/mol. The third-order valence-corrected chi connectivity index (χ3v) is 4.51. The first-order valence-electron chi connectivity index (χ1n) is 7.80. The highest BCUT2D eigenvalue weighted by molar-refractivity contribution is 6.30. The molecule has 0 unspecified atom stereocenters. The van der Waals surface area contributed by atoms with E-state index in [9.17, 15) is 14.4 Å². The maximum atomic E-state index is 12.2. The number of hydrogen-bond donors (Lipinski definition) is 1. The lowest BCUT2D eigenvalue weighted by molar-refractivity contribution is -0.127. The second-order valence-electron chi connectivity index (χ2n) is 5.82. The second-order valence-corrected chi connectivity index (χ2v) is 6.26. The minimum Gasteiger partial charge on any atom is -0.439 e. The number of rotatable bonds is 3. The fraction of sp³-hybridized carbons (Fsp3) is 0.438.